The second-order valence-electron chi connectivity index (χ2n) is 4.12. The third-order valence-electron chi connectivity index (χ3n) is 2.88. The molecule has 20 heavy (non-hydrogen) atoms. The predicted molar refractivity (Wildman–Crippen MR) is 78.4 cm³/mol. The van der Waals surface area contributed by atoms with Gasteiger partial charge in [-0.1, -0.05) is 6.07 Å². The first-order chi connectivity index (χ1) is 9.78. The molecule has 2 aromatic carbocycles. The number of hydrogen-bond donors (Lipinski definition) is 1. The second-order valence-corrected chi connectivity index (χ2v) is 4.65. The van der Waals surface area contributed by atoms with Crippen molar-refractivity contribution in [3.05, 3.63) is 48.0 Å². The van der Waals surface area contributed by atoms with Crippen LogP contribution in [0.25, 0.3) is 11.0 Å². The Balaban J connectivity index is 1.87. The molecule has 1 heterocycles. The normalized spacial score (nSPS) is 10.4. The highest BCUT2D eigenvalue weighted by Gasteiger charge is 2.12. The van der Waals surface area contributed by atoms with Gasteiger partial charge in [0, 0.05) is 5.69 Å². The summed E-state index contributed by atoms with van der Waals surface area (Å²) in [5.74, 6) is 0.544. The Morgan fingerprint density at radius 1 is 1.15 bits per heavy atom. The molecule has 0 aliphatic heterocycles. The molecule has 3 aromatic rings. The van der Waals surface area contributed by atoms with Crippen LogP contribution in [0.3, 0.4) is 0 Å². The predicted octanol–water partition coefficient (Wildman–Crippen LogP) is 2.95. The average molecular weight is 285 g/mol. The van der Waals surface area contributed by atoms with Crippen molar-refractivity contribution in [3.8, 4) is 5.75 Å². The Labute approximate surface area is 119 Å². The van der Waals surface area contributed by atoms with Crippen molar-refractivity contribution in [3.63, 3.8) is 0 Å². The minimum absolute atomic E-state index is 0.200. The van der Waals surface area contributed by atoms with Gasteiger partial charge in [0.25, 0.3) is 5.91 Å². The first-order valence-corrected chi connectivity index (χ1v) is 6.67. The Kier molecular flexibility index (Phi) is 3.30. The van der Waals surface area contributed by atoms with Gasteiger partial charge in [-0.3, -0.25) is 4.79 Å². The van der Waals surface area contributed by atoms with Crippen molar-refractivity contribution in [2.75, 3.05) is 12.4 Å². The summed E-state index contributed by atoms with van der Waals surface area (Å²) < 4.78 is 13.4. The lowest BCUT2D eigenvalue weighted by Crippen LogP contribution is -2.12. The van der Waals surface area contributed by atoms with E-state index in [9.17, 15) is 4.79 Å². The Morgan fingerprint density at radius 2 is 1.95 bits per heavy atom. The number of methoxy groups -OCH3 is 1. The van der Waals surface area contributed by atoms with Crippen molar-refractivity contribution in [2.45, 2.75) is 0 Å². The fourth-order valence-corrected chi connectivity index (χ4v) is 2.41. The number of aromatic nitrogens is 2. The van der Waals surface area contributed by atoms with Crippen molar-refractivity contribution < 1.29 is 9.53 Å². The van der Waals surface area contributed by atoms with Gasteiger partial charge in [0.2, 0.25) is 0 Å². The summed E-state index contributed by atoms with van der Waals surface area (Å²) in [7, 11) is 1.60. The molecule has 6 heteroatoms. The van der Waals surface area contributed by atoms with E-state index in [1.165, 1.54) is 0 Å². The van der Waals surface area contributed by atoms with Gasteiger partial charge >= 0.3 is 0 Å². The number of nitrogens with zero attached hydrogens (tertiary/aromatic N) is 2. The highest BCUT2D eigenvalue weighted by atomic mass is 32.1. The van der Waals surface area contributed by atoms with Gasteiger partial charge in [0.15, 0.2) is 0 Å². The number of benzene rings is 2. The number of hydrogen-bond acceptors (Lipinski definition) is 5. The topological polar surface area (TPSA) is 64.1 Å². The largest absolute Gasteiger partial charge is 0.497 e. The van der Waals surface area contributed by atoms with E-state index in [-0.39, 0.29) is 5.91 Å². The molecule has 0 spiro atoms. The van der Waals surface area contributed by atoms with E-state index in [1.807, 2.05) is 6.07 Å². The molecule has 0 bridgehead atoms. The Bertz CT molecular complexity index is 752. The Hall–Kier alpha value is -2.47. The van der Waals surface area contributed by atoms with Gasteiger partial charge in [0.1, 0.15) is 16.8 Å². The van der Waals surface area contributed by atoms with Crippen LogP contribution in [-0.2, 0) is 0 Å². The van der Waals surface area contributed by atoms with E-state index in [2.05, 4.69) is 14.1 Å². The first kappa shape index (κ1) is 12.6. The maximum absolute atomic E-state index is 12.3. The Morgan fingerprint density at radius 3 is 2.70 bits per heavy atom. The maximum Gasteiger partial charge on any atom is 0.257 e. The molecule has 0 radical (unpaired) electrons. The summed E-state index contributed by atoms with van der Waals surface area (Å²) in [4.78, 5) is 12.3. The molecule has 0 aliphatic carbocycles. The van der Waals surface area contributed by atoms with Crippen LogP contribution in [0.2, 0.25) is 0 Å². The number of anilines is 1. The van der Waals surface area contributed by atoms with Crippen LogP contribution in [0, 0.1) is 0 Å². The smallest absolute Gasteiger partial charge is 0.257 e. The summed E-state index contributed by atoms with van der Waals surface area (Å²) in [6.07, 6.45) is 0. The number of fused-ring (bicyclic) bond motifs is 1. The van der Waals surface area contributed by atoms with Crippen LogP contribution in [0.5, 0.6) is 5.75 Å². The molecule has 0 atom stereocenters. The molecular weight excluding hydrogens is 274 g/mol. The summed E-state index contributed by atoms with van der Waals surface area (Å²) >= 11 is 1.10. The molecule has 5 nitrogen and oxygen atoms in total. The third kappa shape index (κ3) is 2.33. The van der Waals surface area contributed by atoms with Gasteiger partial charge in [-0.15, -0.1) is 0 Å². The molecule has 0 saturated carbocycles. The van der Waals surface area contributed by atoms with Crippen LogP contribution in [0.4, 0.5) is 5.69 Å². The van der Waals surface area contributed by atoms with Gasteiger partial charge in [0.05, 0.1) is 24.4 Å². The summed E-state index contributed by atoms with van der Waals surface area (Å²) in [5, 5.41) is 2.83. The van der Waals surface area contributed by atoms with E-state index in [0.717, 1.165) is 23.0 Å². The van der Waals surface area contributed by atoms with E-state index < -0.39 is 0 Å². The van der Waals surface area contributed by atoms with Crippen LogP contribution in [0.1, 0.15) is 10.4 Å². The minimum Gasteiger partial charge on any atom is -0.497 e. The molecule has 1 amide bonds. The number of amides is 1. The highest BCUT2D eigenvalue weighted by molar-refractivity contribution is 7.00. The fraction of sp³-hybridized carbons (Fsp3) is 0.0714. The molecule has 3 rings (SSSR count). The lowest BCUT2D eigenvalue weighted by atomic mass is 10.1. The monoisotopic (exact) mass is 285 g/mol. The van der Waals surface area contributed by atoms with E-state index in [0.29, 0.717) is 16.8 Å². The van der Waals surface area contributed by atoms with Gasteiger partial charge < -0.3 is 10.1 Å². The molecule has 0 aliphatic rings. The van der Waals surface area contributed by atoms with Crippen molar-refractivity contribution in [1.82, 2.24) is 8.75 Å². The van der Waals surface area contributed by atoms with E-state index >= 15 is 0 Å². The zero-order valence-corrected chi connectivity index (χ0v) is 11.5. The summed E-state index contributed by atoms with van der Waals surface area (Å²) in [5.41, 5.74) is 2.59. The van der Waals surface area contributed by atoms with Crippen LogP contribution in [0.15, 0.2) is 42.5 Å². The lowest BCUT2D eigenvalue weighted by Gasteiger charge is -2.06. The van der Waals surface area contributed by atoms with Crippen LogP contribution in [-0.4, -0.2) is 21.8 Å². The lowest BCUT2D eigenvalue weighted by molar-refractivity contribution is 0.102. The van der Waals surface area contributed by atoms with Crippen molar-refractivity contribution in [1.29, 1.82) is 0 Å². The standard InChI is InChI=1S/C14H11N3O2S/c1-19-10-7-5-9(6-8-10)15-14(18)11-3-2-4-12-13(11)17-20-16-12/h2-8H,1H3,(H,15,18). The van der Waals surface area contributed by atoms with Crippen LogP contribution < -0.4 is 10.1 Å². The van der Waals surface area contributed by atoms with Gasteiger partial charge in [-0.05, 0) is 36.4 Å². The average Bonchev–Trinajstić information content (AvgIpc) is 2.96. The fourth-order valence-electron chi connectivity index (χ4n) is 1.86. The quantitative estimate of drug-likeness (QED) is 0.803. The van der Waals surface area contributed by atoms with E-state index in [1.54, 1.807) is 43.5 Å². The number of ether oxygens (including phenoxy) is 1. The highest BCUT2D eigenvalue weighted by Crippen LogP contribution is 2.19. The SMILES string of the molecule is COc1ccc(NC(=O)c2cccc3nsnc23)cc1. The van der Waals surface area contributed by atoms with Crippen molar-refractivity contribution in [2.24, 2.45) is 0 Å². The number of nitrogens with one attached hydrogen (secondary N) is 1. The molecule has 0 saturated heterocycles. The number of rotatable bonds is 3. The van der Waals surface area contributed by atoms with Gasteiger partial charge in [-0.2, -0.15) is 8.75 Å². The summed E-state index contributed by atoms with van der Waals surface area (Å²) in [6, 6.07) is 12.5. The molecule has 1 N–H and O–H groups in total. The summed E-state index contributed by atoms with van der Waals surface area (Å²) in [6.45, 7) is 0. The number of carbonyl (C=O) groups excluding carboxylic acids is 1. The third-order valence-corrected chi connectivity index (χ3v) is 3.42. The van der Waals surface area contributed by atoms with E-state index in [4.69, 9.17) is 4.74 Å². The molecule has 0 fully saturated rings. The molecule has 1 aromatic heterocycles. The molecular formula is C14H11N3O2S. The molecule has 100 valence electrons. The van der Waals surface area contributed by atoms with Crippen LogP contribution >= 0.6 is 11.7 Å². The van der Waals surface area contributed by atoms with Crippen molar-refractivity contribution >= 4 is 34.4 Å². The number of carbonyl (C=O) groups is 1. The first-order valence-electron chi connectivity index (χ1n) is 5.94. The zero-order valence-electron chi connectivity index (χ0n) is 10.7. The maximum atomic E-state index is 12.3. The molecule has 0 unspecified atom stereocenters. The minimum atomic E-state index is -0.200. The van der Waals surface area contributed by atoms with Gasteiger partial charge in [-0.25, -0.2) is 0 Å². The zero-order chi connectivity index (χ0) is 13.9. The second kappa shape index (κ2) is 5.26.